The Morgan fingerprint density at radius 3 is 2.35 bits per heavy atom. The molecule has 3 aromatic rings. The number of amides is 1. The predicted molar refractivity (Wildman–Crippen MR) is 139 cm³/mol. The van der Waals surface area contributed by atoms with Crippen LogP contribution in [0.2, 0.25) is 0 Å². The molecule has 2 heterocycles. The third-order valence-electron chi connectivity index (χ3n) is 6.57. The van der Waals surface area contributed by atoms with Gasteiger partial charge in [-0.25, -0.2) is 23.2 Å². The molecule has 194 valence electrons. The van der Waals surface area contributed by atoms with Crippen LogP contribution >= 0.6 is 0 Å². The zero-order valence-electron chi connectivity index (χ0n) is 21.0. The quantitative estimate of drug-likeness (QED) is 0.459. The van der Waals surface area contributed by atoms with Crippen LogP contribution in [0, 0.1) is 5.92 Å². The number of aromatic carboxylic acids is 1. The summed E-state index contributed by atoms with van der Waals surface area (Å²) < 4.78 is 24.0. The molecular weight excluding hydrogens is 492 g/mol. The molecule has 0 bridgehead atoms. The first-order chi connectivity index (χ1) is 17.6. The van der Waals surface area contributed by atoms with Crippen molar-refractivity contribution in [2.24, 2.45) is 5.92 Å². The second kappa shape index (κ2) is 10.7. The number of hydrogen-bond acceptors (Lipinski definition) is 7. The summed E-state index contributed by atoms with van der Waals surface area (Å²) in [5.41, 5.74) is 3.59. The van der Waals surface area contributed by atoms with Crippen molar-refractivity contribution in [3.63, 3.8) is 0 Å². The van der Waals surface area contributed by atoms with E-state index in [0.29, 0.717) is 24.5 Å². The van der Waals surface area contributed by atoms with E-state index in [0.717, 1.165) is 16.7 Å². The summed E-state index contributed by atoms with van der Waals surface area (Å²) in [5.74, 6) is -0.525. The zero-order chi connectivity index (χ0) is 26.7. The molecule has 37 heavy (non-hydrogen) atoms. The molecule has 0 aliphatic carbocycles. The number of nitrogens with one attached hydrogen (secondary N) is 1. The van der Waals surface area contributed by atoms with Gasteiger partial charge in [-0.1, -0.05) is 39.0 Å². The summed E-state index contributed by atoms with van der Waals surface area (Å²) in [6.45, 7) is 6.75. The maximum Gasteiger partial charge on any atom is 0.338 e. The molecule has 0 radical (unpaired) electrons. The molecule has 1 amide bonds. The van der Waals surface area contributed by atoms with E-state index in [1.165, 1.54) is 12.4 Å². The maximum absolute atomic E-state index is 12.9. The molecule has 0 fully saturated rings. The number of aromatic nitrogens is 2. The van der Waals surface area contributed by atoms with Gasteiger partial charge in [0, 0.05) is 31.0 Å². The highest BCUT2D eigenvalue weighted by atomic mass is 32.2. The Balaban J connectivity index is 1.48. The highest BCUT2D eigenvalue weighted by Gasteiger charge is 2.32. The second-order valence-corrected chi connectivity index (χ2v) is 11.6. The van der Waals surface area contributed by atoms with Crippen LogP contribution in [0.25, 0.3) is 0 Å². The van der Waals surface area contributed by atoms with Gasteiger partial charge in [-0.3, -0.25) is 4.79 Å². The van der Waals surface area contributed by atoms with Gasteiger partial charge in [-0.15, -0.1) is 0 Å². The van der Waals surface area contributed by atoms with Crippen LogP contribution in [0.15, 0.2) is 59.8 Å². The van der Waals surface area contributed by atoms with Gasteiger partial charge >= 0.3 is 5.97 Å². The summed E-state index contributed by atoms with van der Waals surface area (Å²) in [6, 6.07) is 12.2. The molecular formula is C27H30N4O5S. The van der Waals surface area contributed by atoms with E-state index in [1.54, 1.807) is 37.3 Å². The van der Waals surface area contributed by atoms with E-state index in [4.69, 9.17) is 5.11 Å². The molecule has 1 aromatic heterocycles. The fraction of sp³-hybridized carbons (Fsp3) is 0.333. The molecule has 10 heteroatoms. The minimum Gasteiger partial charge on any atom is -0.478 e. The molecule has 1 aliphatic heterocycles. The van der Waals surface area contributed by atoms with Gasteiger partial charge in [0.2, 0.25) is 5.95 Å². The minimum atomic E-state index is -3.26. The lowest BCUT2D eigenvalue weighted by atomic mass is 9.85. The standard InChI is InChI=1S/C27H30N4O5S/c1-4-37(35,36)22-8-5-18(6-9-22)14-28-25(32)20-7-10-23-19(13-20)11-12-31(24(23)17(2)3)27-29-15-21(16-30-27)26(33)34/h5-10,13,15-17,24H,4,11-12,14H2,1-3H3,(H,28,32)(H,33,34). The van der Waals surface area contributed by atoms with Gasteiger partial charge in [0.05, 0.1) is 22.3 Å². The minimum absolute atomic E-state index is 0.0190. The van der Waals surface area contributed by atoms with Crippen LogP contribution in [0.5, 0.6) is 0 Å². The molecule has 1 atom stereocenters. The Hall–Kier alpha value is -3.79. The van der Waals surface area contributed by atoms with Crippen molar-refractivity contribution >= 4 is 27.7 Å². The van der Waals surface area contributed by atoms with Crippen molar-refractivity contribution in [1.82, 2.24) is 15.3 Å². The third-order valence-corrected chi connectivity index (χ3v) is 8.32. The number of carboxylic acid groups (broad SMARTS) is 1. The monoisotopic (exact) mass is 522 g/mol. The number of nitrogens with zero attached hydrogens (tertiary/aromatic N) is 3. The lowest BCUT2D eigenvalue weighted by Gasteiger charge is -2.40. The van der Waals surface area contributed by atoms with Crippen molar-refractivity contribution in [2.45, 2.75) is 44.7 Å². The fourth-order valence-corrected chi connectivity index (χ4v) is 5.47. The van der Waals surface area contributed by atoms with Gasteiger partial charge in [-0.2, -0.15) is 0 Å². The number of carboxylic acids is 1. The lowest BCUT2D eigenvalue weighted by Crippen LogP contribution is -2.39. The maximum atomic E-state index is 12.9. The molecule has 1 aliphatic rings. The van der Waals surface area contributed by atoms with Crippen molar-refractivity contribution in [2.75, 3.05) is 17.2 Å². The van der Waals surface area contributed by atoms with Crippen LogP contribution in [0.1, 0.15) is 64.2 Å². The Kier molecular flexibility index (Phi) is 7.58. The summed E-state index contributed by atoms with van der Waals surface area (Å²) in [4.78, 5) is 35.0. The van der Waals surface area contributed by atoms with Gasteiger partial charge in [-0.05, 0) is 53.3 Å². The van der Waals surface area contributed by atoms with Crippen molar-refractivity contribution in [3.8, 4) is 0 Å². The van der Waals surface area contributed by atoms with E-state index in [-0.39, 0.29) is 40.6 Å². The SMILES string of the molecule is CCS(=O)(=O)c1ccc(CNC(=O)c2ccc3c(c2)CCN(c2ncc(C(=O)O)cn2)C3C(C)C)cc1. The number of carbonyl (C=O) groups excluding carboxylic acids is 1. The topological polar surface area (TPSA) is 130 Å². The predicted octanol–water partition coefficient (Wildman–Crippen LogP) is 3.66. The van der Waals surface area contributed by atoms with E-state index in [9.17, 15) is 18.0 Å². The smallest absolute Gasteiger partial charge is 0.338 e. The third kappa shape index (κ3) is 5.64. The zero-order valence-corrected chi connectivity index (χ0v) is 21.8. The second-order valence-electron chi connectivity index (χ2n) is 9.35. The van der Waals surface area contributed by atoms with Crippen molar-refractivity contribution in [1.29, 1.82) is 0 Å². The largest absolute Gasteiger partial charge is 0.478 e. The van der Waals surface area contributed by atoms with Gasteiger partial charge in [0.15, 0.2) is 9.84 Å². The van der Waals surface area contributed by atoms with Crippen LogP contribution in [-0.4, -0.2) is 47.7 Å². The summed E-state index contributed by atoms with van der Waals surface area (Å²) >= 11 is 0. The highest BCUT2D eigenvalue weighted by molar-refractivity contribution is 7.91. The molecule has 1 unspecified atom stereocenters. The number of sulfone groups is 1. The van der Waals surface area contributed by atoms with Crippen molar-refractivity contribution < 1.29 is 23.1 Å². The molecule has 9 nitrogen and oxygen atoms in total. The van der Waals surface area contributed by atoms with E-state index >= 15 is 0 Å². The number of carbonyl (C=O) groups is 2. The summed E-state index contributed by atoms with van der Waals surface area (Å²) in [5, 5.41) is 12.0. The van der Waals surface area contributed by atoms with Crippen molar-refractivity contribution in [3.05, 3.63) is 82.7 Å². The Morgan fingerprint density at radius 2 is 1.76 bits per heavy atom. The van der Waals surface area contributed by atoms with Gasteiger partial charge < -0.3 is 15.3 Å². The molecule has 0 spiro atoms. The Bertz CT molecular complexity index is 1400. The molecule has 2 aromatic carbocycles. The number of hydrogen-bond donors (Lipinski definition) is 2. The Morgan fingerprint density at radius 1 is 1.08 bits per heavy atom. The average Bonchev–Trinajstić information content (AvgIpc) is 2.90. The molecule has 0 saturated carbocycles. The first-order valence-electron chi connectivity index (χ1n) is 12.2. The first kappa shape index (κ1) is 26.3. The van der Waals surface area contributed by atoms with Crippen LogP contribution in [0.4, 0.5) is 5.95 Å². The number of rotatable bonds is 8. The number of benzene rings is 2. The molecule has 2 N–H and O–H groups in total. The summed E-state index contributed by atoms with van der Waals surface area (Å²) in [7, 11) is -3.26. The molecule has 0 saturated heterocycles. The summed E-state index contributed by atoms with van der Waals surface area (Å²) in [6.07, 6.45) is 3.33. The fourth-order valence-electron chi connectivity index (χ4n) is 4.59. The van der Waals surface area contributed by atoms with Gasteiger partial charge in [0.1, 0.15) is 0 Å². The normalized spacial score (nSPS) is 15.4. The average molecular weight is 523 g/mol. The number of anilines is 1. The van der Waals surface area contributed by atoms with Crippen LogP contribution < -0.4 is 10.2 Å². The lowest BCUT2D eigenvalue weighted by molar-refractivity contribution is 0.0695. The number of fused-ring (bicyclic) bond motifs is 1. The Labute approximate surface area is 216 Å². The van der Waals surface area contributed by atoms with E-state index in [2.05, 4.69) is 34.0 Å². The molecule has 4 rings (SSSR count). The van der Waals surface area contributed by atoms with Gasteiger partial charge in [0.25, 0.3) is 5.91 Å². The van der Waals surface area contributed by atoms with E-state index < -0.39 is 15.8 Å². The first-order valence-corrected chi connectivity index (χ1v) is 13.8. The van der Waals surface area contributed by atoms with E-state index in [1.807, 2.05) is 12.1 Å². The van der Waals surface area contributed by atoms with Crippen LogP contribution in [0.3, 0.4) is 0 Å². The highest BCUT2D eigenvalue weighted by Crippen LogP contribution is 2.37. The van der Waals surface area contributed by atoms with Crippen LogP contribution in [-0.2, 0) is 22.8 Å².